The number of amides is 1. The van der Waals surface area contributed by atoms with Crippen molar-refractivity contribution in [2.24, 2.45) is 0 Å². The van der Waals surface area contributed by atoms with E-state index in [1.165, 1.54) is 6.92 Å². The fraction of sp³-hybridized carbons (Fsp3) is 0.353. The Morgan fingerprint density at radius 3 is 2.72 bits per heavy atom. The van der Waals surface area contributed by atoms with Gasteiger partial charge in [0.05, 0.1) is 12.1 Å². The van der Waals surface area contributed by atoms with Crippen LogP contribution in [0.25, 0.3) is 10.9 Å². The molecule has 0 saturated carbocycles. The predicted octanol–water partition coefficient (Wildman–Crippen LogP) is 2.52. The van der Waals surface area contributed by atoms with E-state index >= 15 is 0 Å². The molecule has 2 atom stereocenters. The van der Waals surface area contributed by atoms with Crippen molar-refractivity contribution in [1.29, 1.82) is 0 Å². The summed E-state index contributed by atoms with van der Waals surface area (Å²) in [6, 6.07) is 3.81. The molecule has 1 aliphatic rings. The number of ketones is 1. The van der Waals surface area contributed by atoms with Crippen molar-refractivity contribution in [2.45, 2.75) is 32.1 Å². The molecule has 0 spiro atoms. The van der Waals surface area contributed by atoms with Gasteiger partial charge in [-0.3, -0.25) is 9.59 Å². The Balaban J connectivity index is 1.95. The van der Waals surface area contributed by atoms with Crippen LogP contribution < -0.4 is 0 Å². The molecule has 1 amide bonds. The first-order chi connectivity index (χ1) is 11.8. The summed E-state index contributed by atoms with van der Waals surface area (Å²) in [6.45, 7) is 0.986. The second-order valence-corrected chi connectivity index (χ2v) is 6.56. The second kappa shape index (κ2) is 6.48. The zero-order chi connectivity index (χ0) is 18.3. The van der Waals surface area contributed by atoms with Gasteiger partial charge in [-0.1, -0.05) is 17.7 Å². The summed E-state index contributed by atoms with van der Waals surface area (Å²) in [7, 11) is 0. The maximum absolute atomic E-state index is 13.6. The van der Waals surface area contributed by atoms with Gasteiger partial charge in [0.1, 0.15) is 18.8 Å². The number of carbonyl (C=O) groups excluding carboxylic acids is 2. The molecule has 25 heavy (non-hydrogen) atoms. The van der Waals surface area contributed by atoms with Crippen LogP contribution in [0.5, 0.6) is 0 Å². The van der Waals surface area contributed by atoms with E-state index in [1.807, 2.05) is 0 Å². The van der Waals surface area contributed by atoms with E-state index in [9.17, 15) is 23.9 Å². The summed E-state index contributed by atoms with van der Waals surface area (Å²) in [5.41, 5.74) is 1.04. The van der Waals surface area contributed by atoms with Gasteiger partial charge in [0.25, 0.3) is 0 Å². The number of aliphatic carboxylic acids is 1. The lowest BCUT2D eigenvalue weighted by Gasteiger charge is -2.21. The molecule has 0 unspecified atom stereocenters. The number of benzene rings is 1. The highest BCUT2D eigenvalue weighted by molar-refractivity contribution is 6.31. The highest BCUT2D eigenvalue weighted by Gasteiger charge is 2.39. The smallest absolute Gasteiger partial charge is 0.326 e. The highest BCUT2D eigenvalue weighted by atomic mass is 35.5. The number of nitrogens with zero attached hydrogens (tertiary/aromatic N) is 2. The lowest BCUT2D eigenvalue weighted by atomic mass is 10.1. The molecular weight excluding hydrogens is 351 g/mol. The molecule has 2 aromatic rings. The minimum absolute atomic E-state index is 0.160. The average Bonchev–Trinajstić information content (AvgIpc) is 3.08. The molecule has 2 heterocycles. The second-order valence-electron chi connectivity index (χ2n) is 6.12. The molecule has 3 rings (SSSR count). The minimum Gasteiger partial charge on any atom is -0.480 e. The van der Waals surface area contributed by atoms with Crippen LogP contribution in [-0.2, 0) is 16.1 Å². The van der Waals surface area contributed by atoms with Gasteiger partial charge < -0.3 is 14.6 Å². The average molecular weight is 367 g/mol. The van der Waals surface area contributed by atoms with Gasteiger partial charge in [-0.2, -0.15) is 0 Å². The number of carboxylic acids is 1. The minimum atomic E-state index is -1.35. The normalized spacial score (nSPS) is 20.2. The first-order valence-corrected chi connectivity index (χ1v) is 8.11. The van der Waals surface area contributed by atoms with Gasteiger partial charge in [-0.15, -0.1) is 0 Å². The van der Waals surface area contributed by atoms with Gasteiger partial charge in [0, 0.05) is 28.6 Å². The summed E-state index contributed by atoms with van der Waals surface area (Å²) in [5.74, 6) is -1.90. The SMILES string of the molecule is CC(=O)c1cn(CC(=O)N2C[C@H](F)C[C@H]2C(=O)O)c2cc(Cl)ccc12. The monoisotopic (exact) mass is 366 g/mol. The molecule has 8 heteroatoms. The molecule has 1 aromatic carbocycles. The van der Waals surface area contributed by atoms with Crippen molar-refractivity contribution in [1.82, 2.24) is 9.47 Å². The number of Topliss-reactive ketones (excluding diaryl/α,β-unsaturated/α-hetero) is 1. The zero-order valence-corrected chi connectivity index (χ0v) is 14.2. The van der Waals surface area contributed by atoms with Gasteiger partial charge in [-0.25, -0.2) is 9.18 Å². The lowest BCUT2D eigenvalue weighted by molar-refractivity contribution is -0.148. The topological polar surface area (TPSA) is 79.6 Å². The summed E-state index contributed by atoms with van der Waals surface area (Å²) in [4.78, 5) is 36.6. The van der Waals surface area contributed by atoms with Crippen LogP contribution in [0.2, 0.25) is 5.02 Å². The number of fused-ring (bicyclic) bond motifs is 1. The molecule has 6 nitrogen and oxygen atoms in total. The lowest BCUT2D eigenvalue weighted by Crippen LogP contribution is -2.42. The van der Waals surface area contributed by atoms with Crippen LogP contribution in [0.1, 0.15) is 23.7 Å². The van der Waals surface area contributed by atoms with Gasteiger partial charge in [0.15, 0.2) is 5.78 Å². The molecule has 0 aliphatic carbocycles. The maximum atomic E-state index is 13.6. The maximum Gasteiger partial charge on any atom is 0.326 e. The van der Waals surface area contributed by atoms with Crippen molar-refractivity contribution < 1.29 is 23.9 Å². The molecule has 1 fully saturated rings. The number of likely N-dealkylation sites (tertiary alicyclic amines) is 1. The summed E-state index contributed by atoms with van der Waals surface area (Å²) >= 11 is 6.01. The van der Waals surface area contributed by atoms with Crippen LogP contribution in [0.4, 0.5) is 4.39 Å². The number of aromatic nitrogens is 1. The Hall–Kier alpha value is -2.41. The van der Waals surface area contributed by atoms with Crippen LogP contribution >= 0.6 is 11.6 Å². The quantitative estimate of drug-likeness (QED) is 0.843. The first kappa shape index (κ1) is 17.4. The Bertz CT molecular complexity index is 879. The molecule has 0 radical (unpaired) electrons. The number of hydrogen-bond acceptors (Lipinski definition) is 3. The number of alkyl halides is 1. The molecule has 1 aliphatic heterocycles. The third-order valence-electron chi connectivity index (χ3n) is 4.38. The molecular formula is C17H16ClFN2O4. The summed E-state index contributed by atoms with van der Waals surface area (Å²) in [6.07, 6.45) is -0.0217. The standard InChI is InChI=1S/C17H16ClFN2O4/c1-9(22)13-7-20(14-4-10(18)2-3-12(13)14)8-16(23)21-6-11(19)5-15(21)17(24)25/h2-4,7,11,15H,5-6,8H2,1H3,(H,24,25)/t11-,15+/m1/s1. The number of rotatable bonds is 4. The van der Waals surface area contributed by atoms with E-state index < -0.39 is 24.1 Å². The third-order valence-corrected chi connectivity index (χ3v) is 4.62. The van der Waals surface area contributed by atoms with E-state index in [2.05, 4.69) is 0 Å². The van der Waals surface area contributed by atoms with E-state index in [0.29, 0.717) is 21.5 Å². The van der Waals surface area contributed by atoms with Crippen molar-refractivity contribution in [3.8, 4) is 0 Å². The van der Waals surface area contributed by atoms with E-state index in [0.717, 1.165) is 4.90 Å². The number of halogens is 2. The molecule has 1 N–H and O–H groups in total. The fourth-order valence-electron chi connectivity index (χ4n) is 3.21. The van der Waals surface area contributed by atoms with Crippen molar-refractivity contribution in [2.75, 3.05) is 6.54 Å². The van der Waals surface area contributed by atoms with E-state index in [-0.39, 0.29) is 25.3 Å². The van der Waals surface area contributed by atoms with E-state index in [1.54, 1.807) is 29.0 Å². The van der Waals surface area contributed by atoms with Crippen molar-refractivity contribution in [3.05, 3.63) is 35.0 Å². The van der Waals surface area contributed by atoms with Crippen molar-refractivity contribution >= 4 is 40.2 Å². The Morgan fingerprint density at radius 2 is 2.08 bits per heavy atom. The van der Waals surface area contributed by atoms with Crippen LogP contribution in [-0.4, -0.2) is 51.0 Å². The molecule has 1 aromatic heterocycles. The van der Waals surface area contributed by atoms with Gasteiger partial charge in [-0.05, 0) is 19.1 Å². The van der Waals surface area contributed by atoms with E-state index in [4.69, 9.17) is 11.6 Å². The largest absolute Gasteiger partial charge is 0.480 e. The number of hydrogen-bond donors (Lipinski definition) is 1. The van der Waals surface area contributed by atoms with Gasteiger partial charge >= 0.3 is 5.97 Å². The first-order valence-electron chi connectivity index (χ1n) is 7.73. The number of carbonyl (C=O) groups is 3. The Kier molecular flexibility index (Phi) is 4.51. The third kappa shape index (κ3) is 3.24. The number of carboxylic acid groups (broad SMARTS) is 1. The summed E-state index contributed by atoms with van der Waals surface area (Å²) in [5, 5.41) is 10.3. The van der Waals surface area contributed by atoms with Crippen LogP contribution in [0, 0.1) is 0 Å². The molecule has 132 valence electrons. The Morgan fingerprint density at radius 1 is 1.36 bits per heavy atom. The molecule has 0 bridgehead atoms. The van der Waals surface area contributed by atoms with Gasteiger partial charge in [0.2, 0.25) is 5.91 Å². The van der Waals surface area contributed by atoms with Crippen LogP contribution in [0.15, 0.2) is 24.4 Å². The molecule has 1 saturated heterocycles. The predicted molar refractivity (Wildman–Crippen MR) is 89.6 cm³/mol. The zero-order valence-electron chi connectivity index (χ0n) is 13.4. The summed E-state index contributed by atoms with van der Waals surface area (Å²) < 4.78 is 15.1. The van der Waals surface area contributed by atoms with Crippen LogP contribution in [0.3, 0.4) is 0 Å². The van der Waals surface area contributed by atoms with Crippen molar-refractivity contribution in [3.63, 3.8) is 0 Å². The fourth-order valence-corrected chi connectivity index (χ4v) is 3.37. The Labute approximate surface area is 147 Å². The highest BCUT2D eigenvalue weighted by Crippen LogP contribution is 2.26.